The molecule has 3 nitrogen and oxygen atoms in total. The highest BCUT2D eigenvalue weighted by Crippen LogP contribution is 2.30. The summed E-state index contributed by atoms with van der Waals surface area (Å²) in [4.78, 5) is 11.7. The van der Waals surface area contributed by atoms with E-state index in [0.29, 0.717) is 25.2 Å². The smallest absolute Gasteiger partial charge is 0.230 e. The molecule has 2 unspecified atom stereocenters. The molecule has 1 saturated carbocycles. The molecule has 0 spiro atoms. The normalized spacial score (nSPS) is 35.8. The van der Waals surface area contributed by atoms with Gasteiger partial charge in [0.05, 0.1) is 18.6 Å². The highest BCUT2D eigenvalue weighted by atomic mass is 16.5. The molecule has 1 heterocycles. The summed E-state index contributed by atoms with van der Waals surface area (Å²) < 4.78 is 5.06. The monoisotopic (exact) mass is 183 g/mol. The fourth-order valence-corrected chi connectivity index (χ4v) is 1.76. The molecule has 3 heteroatoms. The fourth-order valence-electron chi connectivity index (χ4n) is 1.76. The van der Waals surface area contributed by atoms with Crippen molar-refractivity contribution in [3.63, 3.8) is 0 Å². The first-order valence-electron chi connectivity index (χ1n) is 5.00. The van der Waals surface area contributed by atoms with Crippen molar-refractivity contribution in [1.29, 1.82) is 0 Å². The van der Waals surface area contributed by atoms with Gasteiger partial charge in [0, 0.05) is 6.04 Å². The summed E-state index contributed by atoms with van der Waals surface area (Å²) in [5.41, 5.74) is -0.241. The Bertz CT molecular complexity index is 223. The average molecular weight is 183 g/mol. The summed E-state index contributed by atoms with van der Waals surface area (Å²) in [6.45, 7) is 5.32. The zero-order chi connectivity index (χ0) is 9.47. The number of carbonyl (C=O) groups is 1. The largest absolute Gasteiger partial charge is 0.379 e. The van der Waals surface area contributed by atoms with Gasteiger partial charge in [-0.1, -0.05) is 6.92 Å². The van der Waals surface area contributed by atoms with Gasteiger partial charge < -0.3 is 10.1 Å². The molecule has 0 bridgehead atoms. The van der Waals surface area contributed by atoms with Crippen LogP contribution in [0.1, 0.15) is 26.7 Å². The van der Waals surface area contributed by atoms with Gasteiger partial charge in [0.15, 0.2) is 0 Å². The maximum absolute atomic E-state index is 11.7. The molecule has 1 aliphatic carbocycles. The van der Waals surface area contributed by atoms with Crippen molar-refractivity contribution in [3.05, 3.63) is 0 Å². The van der Waals surface area contributed by atoms with E-state index >= 15 is 0 Å². The molecule has 0 aromatic heterocycles. The molecule has 1 aliphatic heterocycles. The van der Waals surface area contributed by atoms with Gasteiger partial charge in [0.2, 0.25) is 5.91 Å². The van der Waals surface area contributed by atoms with Crippen molar-refractivity contribution in [2.75, 3.05) is 13.2 Å². The van der Waals surface area contributed by atoms with Crippen LogP contribution in [-0.4, -0.2) is 25.2 Å². The fraction of sp³-hybridized carbons (Fsp3) is 0.900. The number of rotatable bonds is 2. The van der Waals surface area contributed by atoms with Crippen LogP contribution in [0.5, 0.6) is 0 Å². The molecule has 1 N–H and O–H groups in total. The van der Waals surface area contributed by atoms with E-state index in [1.54, 1.807) is 0 Å². The summed E-state index contributed by atoms with van der Waals surface area (Å²) >= 11 is 0. The molecule has 0 aromatic rings. The van der Waals surface area contributed by atoms with E-state index in [9.17, 15) is 4.79 Å². The molecule has 13 heavy (non-hydrogen) atoms. The van der Waals surface area contributed by atoms with Crippen LogP contribution in [-0.2, 0) is 9.53 Å². The van der Waals surface area contributed by atoms with Crippen molar-refractivity contribution in [3.8, 4) is 0 Å². The molecule has 1 amide bonds. The average Bonchev–Trinajstić information content (AvgIpc) is 2.07. The third-order valence-corrected chi connectivity index (χ3v) is 3.33. The van der Waals surface area contributed by atoms with Crippen LogP contribution in [0.15, 0.2) is 0 Å². The Kier molecular flexibility index (Phi) is 2.06. The molecule has 0 radical (unpaired) electrons. The Morgan fingerprint density at radius 3 is 2.46 bits per heavy atom. The Hall–Kier alpha value is -0.570. The first-order valence-corrected chi connectivity index (χ1v) is 5.00. The SMILES string of the molecule is CC1CCC1NC(=O)C1(C)COC1. The van der Waals surface area contributed by atoms with Gasteiger partial charge in [-0.2, -0.15) is 0 Å². The van der Waals surface area contributed by atoms with Crippen LogP contribution in [0.2, 0.25) is 0 Å². The minimum absolute atomic E-state index is 0.176. The number of amides is 1. The van der Waals surface area contributed by atoms with Crippen LogP contribution in [0.3, 0.4) is 0 Å². The molecular formula is C10H17NO2. The molecule has 1 saturated heterocycles. The van der Waals surface area contributed by atoms with E-state index in [2.05, 4.69) is 12.2 Å². The Balaban J connectivity index is 1.84. The van der Waals surface area contributed by atoms with Crippen LogP contribution in [0, 0.1) is 11.3 Å². The molecule has 2 fully saturated rings. The number of hydrogen-bond donors (Lipinski definition) is 1. The van der Waals surface area contributed by atoms with Crippen LogP contribution in [0.4, 0.5) is 0 Å². The summed E-state index contributed by atoms with van der Waals surface area (Å²) in [6, 6.07) is 0.421. The van der Waals surface area contributed by atoms with Crippen molar-refractivity contribution < 1.29 is 9.53 Å². The minimum atomic E-state index is -0.241. The van der Waals surface area contributed by atoms with E-state index in [1.165, 1.54) is 6.42 Å². The summed E-state index contributed by atoms with van der Waals surface area (Å²) in [6.07, 6.45) is 2.39. The van der Waals surface area contributed by atoms with Crippen molar-refractivity contribution >= 4 is 5.91 Å². The first kappa shape index (κ1) is 9.00. The van der Waals surface area contributed by atoms with Gasteiger partial charge in [-0.05, 0) is 25.7 Å². The van der Waals surface area contributed by atoms with Crippen molar-refractivity contribution in [1.82, 2.24) is 5.32 Å². The topological polar surface area (TPSA) is 38.3 Å². The van der Waals surface area contributed by atoms with E-state index in [4.69, 9.17) is 4.74 Å². The third kappa shape index (κ3) is 1.46. The Morgan fingerprint density at radius 2 is 2.15 bits per heavy atom. The lowest BCUT2D eigenvalue weighted by molar-refractivity contribution is -0.159. The van der Waals surface area contributed by atoms with Crippen molar-refractivity contribution in [2.24, 2.45) is 11.3 Å². The van der Waals surface area contributed by atoms with Crippen LogP contribution < -0.4 is 5.32 Å². The lowest BCUT2D eigenvalue weighted by atomic mass is 9.79. The van der Waals surface area contributed by atoms with E-state index < -0.39 is 0 Å². The second-order valence-corrected chi connectivity index (χ2v) is 4.69. The highest BCUT2D eigenvalue weighted by Gasteiger charge is 2.43. The number of carbonyl (C=O) groups excluding carboxylic acids is 1. The highest BCUT2D eigenvalue weighted by molar-refractivity contribution is 5.83. The zero-order valence-electron chi connectivity index (χ0n) is 8.30. The van der Waals surface area contributed by atoms with Gasteiger partial charge in [0.25, 0.3) is 0 Å². The molecule has 2 aliphatic rings. The Morgan fingerprint density at radius 1 is 1.46 bits per heavy atom. The summed E-state index contributed by atoms with van der Waals surface area (Å²) in [7, 11) is 0. The first-order chi connectivity index (χ1) is 6.12. The van der Waals surface area contributed by atoms with Crippen LogP contribution >= 0.6 is 0 Å². The van der Waals surface area contributed by atoms with Gasteiger partial charge in [-0.25, -0.2) is 0 Å². The lowest BCUT2D eigenvalue weighted by Gasteiger charge is -2.41. The number of nitrogens with one attached hydrogen (secondary N) is 1. The molecule has 74 valence electrons. The number of ether oxygens (including phenoxy) is 1. The summed E-state index contributed by atoms with van der Waals surface area (Å²) in [5.74, 6) is 0.837. The van der Waals surface area contributed by atoms with Gasteiger partial charge in [-0.3, -0.25) is 4.79 Å². The maximum Gasteiger partial charge on any atom is 0.230 e. The minimum Gasteiger partial charge on any atom is -0.379 e. The second kappa shape index (κ2) is 2.98. The Labute approximate surface area is 78.8 Å². The number of hydrogen-bond acceptors (Lipinski definition) is 2. The lowest BCUT2D eigenvalue weighted by Crippen LogP contribution is -2.57. The third-order valence-electron chi connectivity index (χ3n) is 3.33. The molecule has 2 atom stereocenters. The second-order valence-electron chi connectivity index (χ2n) is 4.69. The van der Waals surface area contributed by atoms with E-state index in [-0.39, 0.29) is 11.3 Å². The summed E-state index contributed by atoms with van der Waals surface area (Å²) in [5, 5.41) is 3.09. The van der Waals surface area contributed by atoms with Crippen LogP contribution in [0.25, 0.3) is 0 Å². The van der Waals surface area contributed by atoms with Gasteiger partial charge in [0.1, 0.15) is 0 Å². The van der Waals surface area contributed by atoms with Gasteiger partial charge in [-0.15, -0.1) is 0 Å². The van der Waals surface area contributed by atoms with Crippen molar-refractivity contribution in [2.45, 2.75) is 32.7 Å². The van der Waals surface area contributed by atoms with Gasteiger partial charge >= 0.3 is 0 Å². The maximum atomic E-state index is 11.7. The quantitative estimate of drug-likeness (QED) is 0.692. The predicted molar refractivity (Wildman–Crippen MR) is 49.3 cm³/mol. The van der Waals surface area contributed by atoms with E-state index in [1.807, 2.05) is 6.92 Å². The molecule has 0 aromatic carbocycles. The predicted octanol–water partition coefficient (Wildman–Crippen LogP) is 0.938. The standard InChI is InChI=1S/C10H17NO2/c1-7-3-4-8(7)11-9(12)10(2)5-13-6-10/h7-8H,3-6H2,1-2H3,(H,11,12). The molecule has 2 rings (SSSR count). The van der Waals surface area contributed by atoms with E-state index in [0.717, 1.165) is 6.42 Å². The molecular weight excluding hydrogens is 166 g/mol. The zero-order valence-corrected chi connectivity index (χ0v) is 8.30.